The predicted molar refractivity (Wildman–Crippen MR) is 106 cm³/mol. The van der Waals surface area contributed by atoms with Gasteiger partial charge in [-0.1, -0.05) is 12.1 Å². The molecule has 1 unspecified atom stereocenters. The first-order valence-corrected chi connectivity index (χ1v) is 8.90. The van der Waals surface area contributed by atoms with Crippen molar-refractivity contribution < 1.29 is 9.90 Å². The number of aryl methyl sites for hydroxylation is 1. The van der Waals surface area contributed by atoms with Crippen molar-refractivity contribution in [2.75, 3.05) is 18.4 Å². The van der Waals surface area contributed by atoms with Gasteiger partial charge in [0.25, 0.3) is 0 Å². The SMILES string of the molecule is CCNC(=NCc1cccc(NC(C)=O)c1)NCC(C)(O)c1cnn(C)c1. The molecule has 0 saturated heterocycles. The van der Waals surface area contributed by atoms with E-state index < -0.39 is 5.60 Å². The highest BCUT2D eigenvalue weighted by molar-refractivity contribution is 5.88. The van der Waals surface area contributed by atoms with Gasteiger partial charge in [0.1, 0.15) is 5.60 Å². The van der Waals surface area contributed by atoms with Gasteiger partial charge in [-0.2, -0.15) is 5.10 Å². The van der Waals surface area contributed by atoms with Crippen molar-refractivity contribution in [3.63, 3.8) is 0 Å². The number of nitrogens with one attached hydrogen (secondary N) is 3. The van der Waals surface area contributed by atoms with Gasteiger partial charge >= 0.3 is 0 Å². The van der Waals surface area contributed by atoms with Crippen LogP contribution in [0.1, 0.15) is 31.9 Å². The van der Waals surface area contributed by atoms with E-state index >= 15 is 0 Å². The summed E-state index contributed by atoms with van der Waals surface area (Å²) in [4.78, 5) is 15.7. The summed E-state index contributed by atoms with van der Waals surface area (Å²) in [5.41, 5.74) is 1.37. The molecule has 2 rings (SSSR count). The van der Waals surface area contributed by atoms with E-state index in [1.54, 1.807) is 24.0 Å². The minimum absolute atomic E-state index is 0.108. The van der Waals surface area contributed by atoms with Crippen LogP contribution in [0.5, 0.6) is 0 Å². The molecule has 0 radical (unpaired) electrons. The second-order valence-corrected chi connectivity index (χ2v) is 6.61. The highest BCUT2D eigenvalue weighted by Crippen LogP contribution is 2.18. The van der Waals surface area contributed by atoms with E-state index in [0.717, 1.165) is 16.8 Å². The molecule has 8 heteroatoms. The van der Waals surface area contributed by atoms with Crippen molar-refractivity contribution in [1.82, 2.24) is 20.4 Å². The van der Waals surface area contributed by atoms with E-state index in [2.05, 4.69) is 26.0 Å². The number of aliphatic hydroxyl groups is 1. The van der Waals surface area contributed by atoms with Crippen LogP contribution in [0.25, 0.3) is 0 Å². The molecule has 1 amide bonds. The molecule has 1 heterocycles. The Labute approximate surface area is 159 Å². The fraction of sp³-hybridized carbons (Fsp3) is 0.421. The van der Waals surface area contributed by atoms with Crippen LogP contribution in [0.3, 0.4) is 0 Å². The average Bonchev–Trinajstić information content (AvgIpc) is 3.04. The Balaban J connectivity index is 2.02. The van der Waals surface area contributed by atoms with Gasteiger partial charge in [-0.05, 0) is 31.5 Å². The summed E-state index contributed by atoms with van der Waals surface area (Å²) in [6, 6.07) is 7.55. The van der Waals surface area contributed by atoms with Crippen LogP contribution < -0.4 is 16.0 Å². The summed E-state index contributed by atoms with van der Waals surface area (Å²) in [6.07, 6.45) is 3.44. The first-order valence-electron chi connectivity index (χ1n) is 8.90. The Morgan fingerprint density at radius 2 is 2.15 bits per heavy atom. The lowest BCUT2D eigenvalue weighted by molar-refractivity contribution is -0.114. The maximum Gasteiger partial charge on any atom is 0.221 e. The van der Waals surface area contributed by atoms with Crippen molar-refractivity contribution in [3.8, 4) is 0 Å². The number of nitrogens with zero attached hydrogens (tertiary/aromatic N) is 3. The molecule has 27 heavy (non-hydrogen) atoms. The van der Waals surface area contributed by atoms with E-state index in [1.165, 1.54) is 6.92 Å². The first-order chi connectivity index (χ1) is 12.8. The largest absolute Gasteiger partial charge is 0.383 e. The smallest absolute Gasteiger partial charge is 0.221 e. The third-order valence-corrected chi connectivity index (χ3v) is 3.94. The number of amides is 1. The van der Waals surface area contributed by atoms with Crippen LogP contribution in [-0.4, -0.2) is 39.8 Å². The van der Waals surface area contributed by atoms with Crippen LogP contribution >= 0.6 is 0 Å². The molecule has 0 aliphatic heterocycles. The number of aliphatic imine (C=N–C) groups is 1. The standard InChI is InChI=1S/C19H28N6O2/c1-5-20-18(22-13-19(3,27)16-11-23-25(4)12-16)21-10-15-7-6-8-17(9-15)24-14(2)26/h6-9,11-12,27H,5,10,13H2,1-4H3,(H,24,26)(H2,20,21,22). The minimum atomic E-state index is -1.07. The van der Waals surface area contributed by atoms with Crippen molar-refractivity contribution >= 4 is 17.6 Å². The van der Waals surface area contributed by atoms with Crippen molar-refractivity contribution in [2.24, 2.45) is 12.0 Å². The summed E-state index contributed by atoms with van der Waals surface area (Å²) < 4.78 is 1.66. The topological polar surface area (TPSA) is 104 Å². The lowest BCUT2D eigenvalue weighted by atomic mass is 10.00. The number of aromatic nitrogens is 2. The molecule has 146 valence electrons. The molecule has 0 bridgehead atoms. The van der Waals surface area contributed by atoms with E-state index in [4.69, 9.17) is 0 Å². The molecule has 0 fully saturated rings. The van der Waals surface area contributed by atoms with E-state index in [9.17, 15) is 9.90 Å². The molecule has 1 aromatic carbocycles. The van der Waals surface area contributed by atoms with Crippen molar-refractivity contribution in [2.45, 2.75) is 32.9 Å². The maximum absolute atomic E-state index is 11.2. The zero-order valence-corrected chi connectivity index (χ0v) is 16.3. The van der Waals surface area contributed by atoms with Crippen molar-refractivity contribution in [1.29, 1.82) is 0 Å². The van der Waals surface area contributed by atoms with Gasteiger partial charge in [0.2, 0.25) is 5.91 Å². The summed E-state index contributed by atoms with van der Waals surface area (Å²) in [6.45, 7) is 6.62. The molecule has 8 nitrogen and oxygen atoms in total. The lowest BCUT2D eigenvalue weighted by Crippen LogP contribution is -2.44. The quantitative estimate of drug-likeness (QED) is 0.434. The molecular formula is C19H28N6O2. The van der Waals surface area contributed by atoms with Crippen LogP contribution in [0.15, 0.2) is 41.7 Å². The molecule has 1 atom stereocenters. The highest BCUT2D eigenvalue weighted by Gasteiger charge is 2.24. The van der Waals surface area contributed by atoms with Gasteiger partial charge in [0, 0.05) is 38.0 Å². The van der Waals surface area contributed by atoms with Crippen LogP contribution in [0.4, 0.5) is 5.69 Å². The van der Waals surface area contributed by atoms with Gasteiger partial charge in [-0.15, -0.1) is 0 Å². The normalized spacial score (nSPS) is 13.7. The number of rotatable bonds is 7. The molecule has 1 aromatic heterocycles. The first kappa shape index (κ1) is 20.4. The van der Waals surface area contributed by atoms with Crippen LogP contribution in [0, 0.1) is 0 Å². The summed E-state index contributed by atoms with van der Waals surface area (Å²) in [5, 5.41) is 23.9. The monoisotopic (exact) mass is 372 g/mol. The van der Waals surface area contributed by atoms with Crippen LogP contribution in [0.2, 0.25) is 0 Å². The summed E-state index contributed by atoms with van der Waals surface area (Å²) in [5.74, 6) is 0.495. The third kappa shape index (κ3) is 6.41. The molecule has 4 N–H and O–H groups in total. The zero-order chi connectivity index (χ0) is 19.9. The molecule has 0 aliphatic rings. The zero-order valence-electron chi connectivity index (χ0n) is 16.3. The second kappa shape index (κ2) is 9.18. The molecular weight excluding hydrogens is 344 g/mol. The Morgan fingerprint density at radius 1 is 1.37 bits per heavy atom. The van der Waals surface area contributed by atoms with Crippen LogP contribution in [-0.2, 0) is 24.0 Å². The number of hydrogen-bond donors (Lipinski definition) is 4. The summed E-state index contributed by atoms with van der Waals surface area (Å²) >= 11 is 0. The van der Waals surface area contributed by atoms with Gasteiger partial charge in [-0.25, -0.2) is 4.99 Å². The Hall–Kier alpha value is -2.87. The average molecular weight is 372 g/mol. The number of anilines is 1. The molecule has 0 spiro atoms. The lowest BCUT2D eigenvalue weighted by Gasteiger charge is -2.23. The fourth-order valence-corrected chi connectivity index (χ4v) is 2.52. The maximum atomic E-state index is 11.2. The van der Waals surface area contributed by atoms with E-state index in [-0.39, 0.29) is 12.5 Å². The highest BCUT2D eigenvalue weighted by atomic mass is 16.3. The molecule has 0 saturated carbocycles. The number of benzene rings is 1. The van der Waals surface area contributed by atoms with Gasteiger partial charge < -0.3 is 21.1 Å². The van der Waals surface area contributed by atoms with Gasteiger partial charge in [0.05, 0.1) is 19.3 Å². The number of hydrogen-bond acceptors (Lipinski definition) is 4. The Bertz CT molecular complexity index is 797. The van der Waals surface area contributed by atoms with E-state index in [1.807, 2.05) is 38.2 Å². The number of carbonyl (C=O) groups excluding carboxylic acids is 1. The molecule has 0 aliphatic carbocycles. The summed E-state index contributed by atoms with van der Waals surface area (Å²) in [7, 11) is 1.81. The predicted octanol–water partition coefficient (Wildman–Crippen LogP) is 1.34. The third-order valence-electron chi connectivity index (χ3n) is 3.94. The van der Waals surface area contributed by atoms with Gasteiger partial charge in [0.15, 0.2) is 5.96 Å². The Kier molecular flexibility index (Phi) is 6.95. The molecule has 2 aromatic rings. The Morgan fingerprint density at radius 3 is 2.78 bits per heavy atom. The number of guanidine groups is 1. The number of carbonyl (C=O) groups is 1. The van der Waals surface area contributed by atoms with E-state index in [0.29, 0.717) is 19.0 Å². The van der Waals surface area contributed by atoms with Gasteiger partial charge in [-0.3, -0.25) is 9.48 Å². The second-order valence-electron chi connectivity index (χ2n) is 6.61. The fourth-order valence-electron chi connectivity index (χ4n) is 2.52. The van der Waals surface area contributed by atoms with Crippen molar-refractivity contribution in [3.05, 3.63) is 47.8 Å². The minimum Gasteiger partial charge on any atom is -0.383 e.